The Kier molecular flexibility index (Phi) is 5.02. The first-order valence-corrected chi connectivity index (χ1v) is 8.44. The summed E-state index contributed by atoms with van der Waals surface area (Å²) in [5, 5.41) is 0. The molecule has 1 aliphatic heterocycles. The third-order valence-corrected chi connectivity index (χ3v) is 3.98. The monoisotopic (exact) mass is 353 g/mol. The van der Waals surface area contributed by atoms with Gasteiger partial charge in [-0.2, -0.15) is 0 Å². The van der Waals surface area contributed by atoms with E-state index < -0.39 is 12.1 Å². The van der Waals surface area contributed by atoms with Gasteiger partial charge in [0.25, 0.3) is 11.8 Å². The van der Waals surface area contributed by atoms with Gasteiger partial charge in [-0.1, -0.05) is 19.1 Å². The van der Waals surface area contributed by atoms with Crippen LogP contribution in [0.2, 0.25) is 0 Å². The van der Waals surface area contributed by atoms with Crippen molar-refractivity contribution in [1.29, 1.82) is 0 Å². The summed E-state index contributed by atoms with van der Waals surface area (Å²) in [6, 6.07) is 13.2. The number of benzene rings is 2. The molecule has 1 unspecified atom stereocenters. The molecule has 1 aliphatic rings. The number of carbonyl (C=O) groups is 3. The van der Waals surface area contributed by atoms with Crippen molar-refractivity contribution >= 4 is 23.5 Å². The lowest BCUT2D eigenvalue weighted by atomic mass is 10.1. The van der Waals surface area contributed by atoms with E-state index in [-0.39, 0.29) is 11.8 Å². The molecule has 6 heteroatoms. The third kappa shape index (κ3) is 3.31. The predicted molar refractivity (Wildman–Crippen MR) is 95.4 cm³/mol. The summed E-state index contributed by atoms with van der Waals surface area (Å²) in [4.78, 5) is 37.8. The Balaban J connectivity index is 1.72. The van der Waals surface area contributed by atoms with Crippen LogP contribution in [0.15, 0.2) is 48.5 Å². The van der Waals surface area contributed by atoms with Crippen LogP contribution in [0.5, 0.6) is 5.75 Å². The first kappa shape index (κ1) is 17.7. The number of hydrogen-bond donors (Lipinski definition) is 0. The van der Waals surface area contributed by atoms with Gasteiger partial charge < -0.3 is 9.47 Å². The number of nitrogens with zero attached hydrogens (tertiary/aromatic N) is 1. The number of anilines is 1. The van der Waals surface area contributed by atoms with E-state index >= 15 is 0 Å². The second-order valence-electron chi connectivity index (χ2n) is 5.91. The molecule has 0 aromatic heterocycles. The molecule has 1 atom stereocenters. The Morgan fingerprint density at radius 3 is 2.12 bits per heavy atom. The van der Waals surface area contributed by atoms with E-state index in [1.54, 1.807) is 55.5 Å². The number of hydrogen-bond acceptors (Lipinski definition) is 5. The van der Waals surface area contributed by atoms with Crippen LogP contribution in [0.1, 0.15) is 41.0 Å². The summed E-state index contributed by atoms with van der Waals surface area (Å²) < 4.78 is 10.6. The number of esters is 1. The fraction of sp³-hybridized carbons (Fsp3) is 0.250. The van der Waals surface area contributed by atoms with Gasteiger partial charge in [0.15, 0.2) is 6.10 Å². The summed E-state index contributed by atoms with van der Waals surface area (Å²) in [6.07, 6.45) is -0.000301. The van der Waals surface area contributed by atoms with Gasteiger partial charge in [-0.3, -0.25) is 9.59 Å². The van der Waals surface area contributed by atoms with Crippen molar-refractivity contribution in [2.45, 2.75) is 26.4 Å². The predicted octanol–water partition coefficient (Wildman–Crippen LogP) is 3.21. The topological polar surface area (TPSA) is 72.9 Å². The highest BCUT2D eigenvalue weighted by atomic mass is 16.6. The van der Waals surface area contributed by atoms with E-state index in [4.69, 9.17) is 9.47 Å². The number of amides is 2. The Morgan fingerprint density at radius 2 is 1.58 bits per heavy atom. The molecule has 0 N–H and O–H groups in total. The smallest absolute Gasteiger partial charge is 0.347 e. The zero-order valence-corrected chi connectivity index (χ0v) is 14.6. The molecule has 26 heavy (non-hydrogen) atoms. The normalized spacial score (nSPS) is 14.2. The second-order valence-corrected chi connectivity index (χ2v) is 5.91. The highest BCUT2D eigenvalue weighted by molar-refractivity contribution is 6.34. The van der Waals surface area contributed by atoms with Gasteiger partial charge >= 0.3 is 5.97 Å². The lowest BCUT2D eigenvalue weighted by Crippen LogP contribution is -2.29. The molecule has 0 saturated heterocycles. The van der Waals surface area contributed by atoms with Crippen molar-refractivity contribution in [2.75, 3.05) is 11.5 Å². The van der Waals surface area contributed by atoms with Gasteiger partial charge in [0.05, 0.1) is 23.4 Å². The molecule has 134 valence electrons. The molecular formula is C20H19NO5. The lowest BCUT2D eigenvalue weighted by molar-refractivity contribution is -0.151. The number of imide groups is 1. The van der Waals surface area contributed by atoms with Gasteiger partial charge in [0.1, 0.15) is 5.75 Å². The molecule has 0 aliphatic carbocycles. The number of rotatable bonds is 6. The van der Waals surface area contributed by atoms with Crippen molar-refractivity contribution in [3.05, 3.63) is 59.7 Å². The average Bonchev–Trinajstić information content (AvgIpc) is 2.91. The van der Waals surface area contributed by atoms with E-state index in [0.29, 0.717) is 29.2 Å². The van der Waals surface area contributed by atoms with Crippen LogP contribution in [0, 0.1) is 0 Å². The maximum atomic E-state index is 12.5. The average molecular weight is 353 g/mol. The fourth-order valence-corrected chi connectivity index (χ4v) is 2.67. The number of fused-ring (bicyclic) bond motifs is 1. The molecule has 0 saturated carbocycles. The van der Waals surface area contributed by atoms with Crippen LogP contribution in [0.25, 0.3) is 0 Å². The molecule has 0 radical (unpaired) electrons. The minimum absolute atomic E-state index is 0.351. The molecule has 0 bridgehead atoms. The van der Waals surface area contributed by atoms with Gasteiger partial charge in [-0.15, -0.1) is 0 Å². The Bertz CT molecular complexity index is 809. The van der Waals surface area contributed by atoms with E-state index in [2.05, 4.69) is 0 Å². The maximum absolute atomic E-state index is 12.5. The highest BCUT2D eigenvalue weighted by Gasteiger charge is 2.36. The summed E-state index contributed by atoms with van der Waals surface area (Å²) in [7, 11) is 0. The highest BCUT2D eigenvalue weighted by Crippen LogP contribution is 2.29. The van der Waals surface area contributed by atoms with Crippen molar-refractivity contribution < 1.29 is 23.9 Å². The van der Waals surface area contributed by atoms with Gasteiger partial charge in [0.2, 0.25) is 0 Å². The summed E-state index contributed by atoms with van der Waals surface area (Å²) in [6.45, 7) is 3.87. The van der Waals surface area contributed by atoms with Crippen LogP contribution in [0.4, 0.5) is 5.69 Å². The maximum Gasteiger partial charge on any atom is 0.347 e. The van der Waals surface area contributed by atoms with Crippen molar-refractivity contribution in [1.82, 2.24) is 0 Å². The third-order valence-electron chi connectivity index (χ3n) is 3.98. The molecule has 3 rings (SSSR count). The largest absolute Gasteiger partial charge is 0.479 e. The van der Waals surface area contributed by atoms with Gasteiger partial charge in [0, 0.05) is 0 Å². The van der Waals surface area contributed by atoms with Crippen LogP contribution in [0.3, 0.4) is 0 Å². The SMILES string of the molecule is CCCOC(=O)C(C)Oc1ccc(N2C(=O)c3ccccc3C2=O)cc1. The summed E-state index contributed by atoms with van der Waals surface area (Å²) >= 11 is 0. The molecule has 2 amide bonds. The zero-order chi connectivity index (χ0) is 18.7. The minimum atomic E-state index is -0.744. The van der Waals surface area contributed by atoms with E-state index in [9.17, 15) is 14.4 Å². The van der Waals surface area contributed by atoms with Crippen LogP contribution in [-0.4, -0.2) is 30.5 Å². The molecule has 2 aromatic carbocycles. The number of ether oxygens (including phenoxy) is 2. The molecule has 1 heterocycles. The van der Waals surface area contributed by atoms with Gasteiger partial charge in [-0.25, -0.2) is 9.69 Å². The molecule has 2 aromatic rings. The van der Waals surface area contributed by atoms with Crippen LogP contribution in [-0.2, 0) is 9.53 Å². The molecule has 0 fully saturated rings. The molecule has 0 spiro atoms. The minimum Gasteiger partial charge on any atom is -0.479 e. The second kappa shape index (κ2) is 7.39. The van der Waals surface area contributed by atoms with Crippen molar-refractivity contribution in [3.8, 4) is 5.75 Å². The molecular weight excluding hydrogens is 334 g/mol. The van der Waals surface area contributed by atoms with Crippen LogP contribution >= 0.6 is 0 Å². The van der Waals surface area contributed by atoms with Crippen molar-refractivity contribution in [2.24, 2.45) is 0 Å². The van der Waals surface area contributed by atoms with E-state index in [0.717, 1.165) is 11.3 Å². The Morgan fingerprint density at radius 1 is 1.00 bits per heavy atom. The summed E-state index contributed by atoms with van der Waals surface area (Å²) in [5.74, 6) is -0.686. The van der Waals surface area contributed by atoms with E-state index in [1.807, 2.05) is 6.92 Å². The van der Waals surface area contributed by atoms with Crippen molar-refractivity contribution in [3.63, 3.8) is 0 Å². The Hall–Kier alpha value is -3.15. The van der Waals surface area contributed by atoms with E-state index in [1.165, 1.54) is 0 Å². The fourth-order valence-electron chi connectivity index (χ4n) is 2.67. The van der Waals surface area contributed by atoms with Gasteiger partial charge in [-0.05, 0) is 49.7 Å². The molecule has 6 nitrogen and oxygen atoms in total. The Labute approximate surface area is 151 Å². The standard InChI is InChI=1S/C20H19NO5/c1-3-12-25-20(24)13(2)26-15-10-8-14(9-11-15)21-18(22)16-6-4-5-7-17(16)19(21)23/h4-11,13H,3,12H2,1-2H3. The quantitative estimate of drug-likeness (QED) is 0.589. The van der Waals surface area contributed by atoms with Crippen LogP contribution < -0.4 is 9.64 Å². The zero-order valence-electron chi connectivity index (χ0n) is 14.6. The summed E-state index contributed by atoms with van der Waals surface area (Å²) in [5.41, 5.74) is 1.24. The first-order chi connectivity index (χ1) is 12.5. The lowest BCUT2D eigenvalue weighted by Gasteiger charge is -2.16. The number of carbonyl (C=O) groups excluding carboxylic acids is 3. The first-order valence-electron chi connectivity index (χ1n) is 8.44.